The SMILES string of the molecule is Cc1[nH]cnc1CC(O)C(=O)NC[C@H](C)NC(=O)[C@@H]1C[C@@H](C)CCO1. The number of aliphatic hydroxyl groups is 1. The van der Waals surface area contributed by atoms with Crippen molar-refractivity contribution in [2.75, 3.05) is 13.2 Å². The summed E-state index contributed by atoms with van der Waals surface area (Å²) in [4.78, 5) is 31.1. The summed E-state index contributed by atoms with van der Waals surface area (Å²) < 4.78 is 5.50. The van der Waals surface area contributed by atoms with Crippen molar-refractivity contribution in [2.45, 2.75) is 58.3 Å². The zero-order valence-electron chi connectivity index (χ0n) is 15.0. The molecule has 2 heterocycles. The number of aryl methyl sites for hydroxylation is 1. The topological polar surface area (TPSA) is 116 Å². The quantitative estimate of drug-likeness (QED) is 0.554. The Kier molecular flexibility index (Phi) is 6.95. The second-order valence-corrected chi connectivity index (χ2v) is 6.84. The van der Waals surface area contributed by atoms with Gasteiger partial charge >= 0.3 is 0 Å². The molecule has 0 aliphatic carbocycles. The average Bonchev–Trinajstić information content (AvgIpc) is 2.97. The minimum atomic E-state index is -1.17. The molecule has 1 aromatic heterocycles. The van der Waals surface area contributed by atoms with Crippen LogP contribution in [0.15, 0.2) is 6.33 Å². The molecule has 140 valence electrons. The third-order valence-corrected chi connectivity index (χ3v) is 4.43. The summed E-state index contributed by atoms with van der Waals surface area (Å²) in [7, 11) is 0. The van der Waals surface area contributed by atoms with Crippen molar-refractivity contribution in [3.63, 3.8) is 0 Å². The maximum absolute atomic E-state index is 12.2. The summed E-state index contributed by atoms with van der Waals surface area (Å²) in [5.41, 5.74) is 1.49. The van der Waals surface area contributed by atoms with Crippen LogP contribution >= 0.6 is 0 Å². The highest BCUT2D eigenvalue weighted by molar-refractivity contribution is 5.82. The molecule has 2 rings (SSSR count). The van der Waals surface area contributed by atoms with Gasteiger partial charge in [-0.3, -0.25) is 9.59 Å². The van der Waals surface area contributed by atoms with Gasteiger partial charge < -0.3 is 25.5 Å². The third kappa shape index (κ3) is 5.82. The number of aliphatic hydroxyl groups excluding tert-OH is 1. The van der Waals surface area contributed by atoms with Crippen molar-refractivity contribution < 1.29 is 19.4 Å². The van der Waals surface area contributed by atoms with E-state index in [2.05, 4.69) is 27.5 Å². The molecule has 1 fully saturated rings. The van der Waals surface area contributed by atoms with Crippen LogP contribution in [0.4, 0.5) is 0 Å². The van der Waals surface area contributed by atoms with Gasteiger partial charge in [-0.1, -0.05) is 6.92 Å². The summed E-state index contributed by atoms with van der Waals surface area (Å²) in [5.74, 6) is -0.160. The molecule has 1 aliphatic heterocycles. The lowest BCUT2D eigenvalue weighted by molar-refractivity contribution is -0.138. The number of nitrogens with one attached hydrogen (secondary N) is 3. The number of hydrogen-bond donors (Lipinski definition) is 4. The molecule has 2 amide bonds. The van der Waals surface area contributed by atoms with E-state index in [1.165, 1.54) is 6.33 Å². The van der Waals surface area contributed by atoms with Crippen LogP contribution in [0.25, 0.3) is 0 Å². The maximum Gasteiger partial charge on any atom is 0.249 e. The molecule has 25 heavy (non-hydrogen) atoms. The van der Waals surface area contributed by atoms with Crippen molar-refractivity contribution in [1.29, 1.82) is 0 Å². The van der Waals surface area contributed by atoms with Crippen LogP contribution in [0.1, 0.15) is 38.1 Å². The molecule has 1 aromatic rings. The predicted octanol–water partition coefficient (Wildman–Crippen LogP) is 0.0575. The molecule has 0 radical (unpaired) electrons. The molecule has 8 heteroatoms. The van der Waals surface area contributed by atoms with Crippen molar-refractivity contribution in [3.8, 4) is 0 Å². The van der Waals surface area contributed by atoms with Crippen LogP contribution in [0, 0.1) is 12.8 Å². The number of imidazole rings is 1. The first-order valence-corrected chi connectivity index (χ1v) is 8.73. The molecule has 0 bridgehead atoms. The van der Waals surface area contributed by atoms with Crippen molar-refractivity contribution >= 4 is 11.8 Å². The van der Waals surface area contributed by atoms with E-state index >= 15 is 0 Å². The van der Waals surface area contributed by atoms with Crippen molar-refractivity contribution in [3.05, 3.63) is 17.7 Å². The standard InChI is InChI=1S/C17H28N4O4/c1-10-4-5-25-15(6-10)17(24)21-11(2)8-18-16(23)14(22)7-13-12(3)19-9-20-13/h9-11,14-15,22H,4-8H2,1-3H3,(H,18,23)(H,19,20)(H,21,24)/t10-,11-,14?,15-/m0/s1. The summed E-state index contributed by atoms with van der Waals surface area (Å²) in [6.07, 6.45) is 1.77. The van der Waals surface area contributed by atoms with Crippen molar-refractivity contribution in [1.82, 2.24) is 20.6 Å². The molecule has 0 spiro atoms. The van der Waals surface area contributed by atoms with E-state index in [0.717, 1.165) is 12.1 Å². The van der Waals surface area contributed by atoms with Gasteiger partial charge in [-0.2, -0.15) is 0 Å². The number of amides is 2. The van der Waals surface area contributed by atoms with E-state index in [9.17, 15) is 14.7 Å². The number of H-pyrrole nitrogens is 1. The first-order valence-electron chi connectivity index (χ1n) is 8.73. The van der Waals surface area contributed by atoms with E-state index in [1.807, 2.05) is 6.92 Å². The average molecular weight is 352 g/mol. The van der Waals surface area contributed by atoms with Crippen LogP contribution in [0.5, 0.6) is 0 Å². The maximum atomic E-state index is 12.2. The fourth-order valence-corrected chi connectivity index (χ4v) is 2.77. The molecule has 8 nitrogen and oxygen atoms in total. The van der Waals surface area contributed by atoms with Crippen LogP contribution in [0.2, 0.25) is 0 Å². The normalized spacial score (nSPS) is 22.9. The van der Waals surface area contributed by atoms with E-state index in [-0.39, 0.29) is 24.9 Å². The van der Waals surface area contributed by atoms with Crippen LogP contribution < -0.4 is 10.6 Å². The molecular weight excluding hydrogens is 324 g/mol. The lowest BCUT2D eigenvalue weighted by Crippen LogP contribution is -2.49. The first-order chi connectivity index (χ1) is 11.9. The number of carbonyl (C=O) groups excluding carboxylic acids is 2. The highest BCUT2D eigenvalue weighted by Gasteiger charge is 2.27. The van der Waals surface area contributed by atoms with Crippen LogP contribution in [0.3, 0.4) is 0 Å². The van der Waals surface area contributed by atoms with E-state index in [1.54, 1.807) is 6.92 Å². The highest BCUT2D eigenvalue weighted by atomic mass is 16.5. The molecule has 1 unspecified atom stereocenters. The number of carbonyl (C=O) groups is 2. The number of aromatic amines is 1. The molecule has 0 saturated carbocycles. The minimum absolute atomic E-state index is 0.149. The fourth-order valence-electron chi connectivity index (χ4n) is 2.77. The Bertz CT molecular complexity index is 589. The second-order valence-electron chi connectivity index (χ2n) is 6.84. The zero-order chi connectivity index (χ0) is 18.4. The van der Waals surface area contributed by atoms with Gasteiger partial charge in [-0.15, -0.1) is 0 Å². The lowest BCUT2D eigenvalue weighted by atomic mass is 9.97. The number of ether oxygens (including phenoxy) is 1. The van der Waals surface area contributed by atoms with Crippen molar-refractivity contribution in [2.24, 2.45) is 5.92 Å². The Hall–Kier alpha value is -1.93. The number of nitrogens with zero attached hydrogens (tertiary/aromatic N) is 1. The van der Waals surface area contributed by atoms with Gasteiger partial charge in [0.2, 0.25) is 11.8 Å². The predicted molar refractivity (Wildman–Crippen MR) is 91.8 cm³/mol. The summed E-state index contributed by atoms with van der Waals surface area (Å²) in [6, 6.07) is -0.253. The molecule has 4 atom stereocenters. The Labute approximate surface area is 147 Å². The van der Waals surface area contributed by atoms with Crippen LogP contribution in [-0.4, -0.2) is 58.3 Å². The summed E-state index contributed by atoms with van der Waals surface area (Å²) in [5, 5.41) is 15.5. The Balaban J connectivity index is 1.71. The van der Waals surface area contributed by atoms with Gasteiger partial charge in [0.1, 0.15) is 12.2 Å². The monoisotopic (exact) mass is 352 g/mol. The smallest absolute Gasteiger partial charge is 0.249 e. The number of aromatic nitrogens is 2. The Morgan fingerprint density at radius 2 is 2.28 bits per heavy atom. The number of hydrogen-bond acceptors (Lipinski definition) is 5. The summed E-state index contributed by atoms with van der Waals surface area (Å²) >= 11 is 0. The summed E-state index contributed by atoms with van der Waals surface area (Å²) in [6.45, 7) is 6.58. The first kappa shape index (κ1) is 19.4. The molecule has 1 aliphatic rings. The van der Waals surface area contributed by atoms with Gasteiger partial charge in [0.25, 0.3) is 0 Å². The molecule has 0 aromatic carbocycles. The molecule has 4 N–H and O–H groups in total. The van der Waals surface area contributed by atoms with Gasteiger partial charge in [-0.25, -0.2) is 4.98 Å². The van der Waals surface area contributed by atoms with Crippen LogP contribution in [-0.2, 0) is 20.7 Å². The third-order valence-electron chi connectivity index (χ3n) is 4.43. The van der Waals surface area contributed by atoms with Gasteiger partial charge in [0.05, 0.1) is 12.0 Å². The largest absolute Gasteiger partial charge is 0.383 e. The van der Waals surface area contributed by atoms with E-state index < -0.39 is 18.1 Å². The Morgan fingerprint density at radius 3 is 2.92 bits per heavy atom. The van der Waals surface area contributed by atoms with E-state index in [0.29, 0.717) is 24.6 Å². The molecular formula is C17H28N4O4. The van der Waals surface area contributed by atoms with Gasteiger partial charge in [-0.05, 0) is 32.6 Å². The highest BCUT2D eigenvalue weighted by Crippen LogP contribution is 2.19. The number of rotatable bonds is 7. The van der Waals surface area contributed by atoms with Gasteiger partial charge in [0.15, 0.2) is 0 Å². The fraction of sp³-hybridized carbons (Fsp3) is 0.706. The molecule has 1 saturated heterocycles. The minimum Gasteiger partial charge on any atom is -0.383 e. The zero-order valence-corrected chi connectivity index (χ0v) is 15.0. The Morgan fingerprint density at radius 1 is 1.52 bits per heavy atom. The lowest BCUT2D eigenvalue weighted by Gasteiger charge is -2.27. The van der Waals surface area contributed by atoms with Gasteiger partial charge in [0, 0.05) is 31.3 Å². The van der Waals surface area contributed by atoms with E-state index in [4.69, 9.17) is 4.74 Å². The second kappa shape index (κ2) is 8.96.